The lowest BCUT2D eigenvalue weighted by Gasteiger charge is -2.25. The molecule has 9 nitrogen and oxygen atoms in total. The van der Waals surface area contributed by atoms with Crippen LogP contribution in [0.5, 0.6) is 0 Å². The van der Waals surface area contributed by atoms with Crippen LogP contribution >= 0.6 is 0 Å². The van der Waals surface area contributed by atoms with Crippen LogP contribution in [0.15, 0.2) is 5.11 Å². The van der Waals surface area contributed by atoms with Crippen molar-refractivity contribution in [3.8, 4) is 0 Å². The van der Waals surface area contributed by atoms with Crippen LogP contribution in [0.25, 0.3) is 10.4 Å². The fourth-order valence-corrected chi connectivity index (χ4v) is 3.27. The standard InChI is InChI=1S/C18H34N4O5/c1-2-3-4-5-6-7-8-9-10-11-12-20-17(26)18(21-22-19)16(25)15(24)14(13-23)27-18/h14-16,23-25H,2-13H2,1H3,(H,20,26)/t14-,15-,16+,18+/m1/s1. The molecular formula is C18H34N4O5. The summed E-state index contributed by atoms with van der Waals surface area (Å²) in [7, 11) is 0. The Morgan fingerprint density at radius 1 is 1.11 bits per heavy atom. The highest BCUT2D eigenvalue weighted by atomic mass is 16.6. The van der Waals surface area contributed by atoms with E-state index in [0.29, 0.717) is 6.54 Å². The molecule has 0 unspecified atom stereocenters. The van der Waals surface area contributed by atoms with E-state index in [-0.39, 0.29) is 0 Å². The van der Waals surface area contributed by atoms with Crippen molar-refractivity contribution in [2.24, 2.45) is 5.11 Å². The van der Waals surface area contributed by atoms with Crippen LogP contribution in [0.4, 0.5) is 0 Å². The van der Waals surface area contributed by atoms with Crippen LogP contribution in [0.3, 0.4) is 0 Å². The Kier molecular flexibility index (Phi) is 11.3. The summed E-state index contributed by atoms with van der Waals surface area (Å²) in [5.74, 6) is -0.807. The molecule has 0 aromatic carbocycles. The second-order valence-corrected chi connectivity index (χ2v) is 7.10. The van der Waals surface area contributed by atoms with Crippen LogP contribution in [-0.2, 0) is 9.53 Å². The van der Waals surface area contributed by atoms with E-state index in [4.69, 9.17) is 15.4 Å². The molecule has 0 spiro atoms. The van der Waals surface area contributed by atoms with E-state index in [1.807, 2.05) is 0 Å². The number of hydrogen-bond donors (Lipinski definition) is 4. The molecule has 4 atom stereocenters. The molecule has 1 saturated heterocycles. The Morgan fingerprint density at radius 3 is 2.15 bits per heavy atom. The van der Waals surface area contributed by atoms with E-state index in [1.165, 1.54) is 44.9 Å². The summed E-state index contributed by atoms with van der Waals surface area (Å²) in [6, 6.07) is 0. The molecular weight excluding hydrogens is 352 g/mol. The zero-order valence-corrected chi connectivity index (χ0v) is 16.2. The van der Waals surface area contributed by atoms with Crippen molar-refractivity contribution < 1.29 is 24.9 Å². The van der Waals surface area contributed by atoms with Gasteiger partial charge in [-0.25, -0.2) is 0 Å². The molecule has 1 heterocycles. The molecule has 0 saturated carbocycles. The third-order valence-electron chi connectivity index (χ3n) is 4.95. The number of nitrogens with zero attached hydrogens (tertiary/aromatic N) is 3. The molecule has 0 aromatic heterocycles. The lowest BCUT2D eigenvalue weighted by molar-refractivity contribution is -0.154. The van der Waals surface area contributed by atoms with Gasteiger partial charge in [0.2, 0.25) is 0 Å². The van der Waals surface area contributed by atoms with E-state index >= 15 is 0 Å². The Balaban J connectivity index is 2.27. The van der Waals surface area contributed by atoms with E-state index in [0.717, 1.165) is 19.3 Å². The largest absolute Gasteiger partial charge is 0.394 e. The highest BCUT2D eigenvalue weighted by Crippen LogP contribution is 2.33. The molecule has 0 aliphatic carbocycles. The number of nitrogens with one attached hydrogen (secondary N) is 1. The Labute approximate surface area is 160 Å². The predicted molar refractivity (Wildman–Crippen MR) is 101 cm³/mol. The van der Waals surface area contributed by atoms with Crippen molar-refractivity contribution in [3.63, 3.8) is 0 Å². The number of unbranched alkanes of at least 4 members (excludes halogenated alkanes) is 9. The third-order valence-corrected chi connectivity index (χ3v) is 4.95. The number of aliphatic hydroxyl groups is 3. The lowest BCUT2D eigenvalue weighted by atomic mass is 10.0. The van der Waals surface area contributed by atoms with Gasteiger partial charge >= 0.3 is 0 Å². The van der Waals surface area contributed by atoms with Crippen molar-refractivity contribution in [1.82, 2.24) is 5.32 Å². The predicted octanol–water partition coefficient (Wildman–Crippen LogP) is 2.14. The van der Waals surface area contributed by atoms with Gasteiger partial charge in [0.25, 0.3) is 11.6 Å². The van der Waals surface area contributed by atoms with E-state index < -0.39 is 36.6 Å². The van der Waals surface area contributed by atoms with Gasteiger partial charge < -0.3 is 25.4 Å². The number of amides is 1. The normalized spacial score (nSPS) is 27.3. The Morgan fingerprint density at radius 2 is 1.67 bits per heavy atom. The Bertz CT molecular complexity index is 486. The maximum Gasteiger partial charge on any atom is 0.261 e. The molecule has 0 radical (unpaired) electrons. The minimum absolute atomic E-state index is 0.355. The van der Waals surface area contributed by atoms with Crippen molar-refractivity contribution in [2.45, 2.75) is 95.2 Å². The molecule has 0 aromatic rings. The topological polar surface area (TPSA) is 148 Å². The molecule has 1 fully saturated rings. The monoisotopic (exact) mass is 386 g/mol. The molecule has 1 aliphatic heterocycles. The van der Waals surface area contributed by atoms with Gasteiger partial charge in [0, 0.05) is 11.5 Å². The first-order chi connectivity index (χ1) is 13.0. The van der Waals surface area contributed by atoms with Gasteiger partial charge in [-0.05, 0) is 17.1 Å². The number of rotatable bonds is 14. The molecule has 156 valence electrons. The van der Waals surface area contributed by atoms with Crippen LogP contribution in [0, 0.1) is 0 Å². The first-order valence-electron chi connectivity index (χ1n) is 10.0. The van der Waals surface area contributed by atoms with Gasteiger partial charge in [-0.15, -0.1) is 0 Å². The van der Waals surface area contributed by atoms with Gasteiger partial charge in [-0.2, -0.15) is 0 Å². The van der Waals surface area contributed by atoms with Gasteiger partial charge in [-0.3, -0.25) is 4.79 Å². The number of hydrogen-bond acceptors (Lipinski definition) is 6. The minimum atomic E-state index is -2.25. The van der Waals surface area contributed by atoms with Crippen molar-refractivity contribution in [3.05, 3.63) is 10.4 Å². The number of aliphatic hydroxyl groups excluding tert-OH is 3. The van der Waals surface area contributed by atoms with Crippen molar-refractivity contribution in [2.75, 3.05) is 13.2 Å². The van der Waals surface area contributed by atoms with Crippen LogP contribution in [-0.4, -0.2) is 58.4 Å². The Hall–Kier alpha value is -1.38. The van der Waals surface area contributed by atoms with Gasteiger partial charge in [0.05, 0.1) is 6.61 Å². The van der Waals surface area contributed by atoms with E-state index in [9.17, 15) is 15.0 Å². The summed E-state index contributed by atoms with van der Waals surface area (Å²) in [6.07, 6.45) is 7.25. The minimum Gasteiger partial charge on any atom is -0.394 e. The van der Waals surface area contributed by atoms with Gasteiger partial charge in [-0.1, -0.05) is 64.7 Å². The highest BCUT2D eigenvalue weighted by Gasteiger charge is 2.58. The summed E-state index contributed by atoms with van der Waals surface area (Å²) in [6.45, 7) is 1.96. The van der Waals surface area contributed by atoms with Crippen molar-refractivity contribution >= 4 is 5.91 Å². The maximum atomic E-state index is 12.4. The molecule has 9 heteroatoms. The van der Waals surface area contributed by atoms with Crippen molar-refractivity contribution in [1.29, 1.82) is 0 Å². The zero-order valence-electron chi connectivity index (χ0n) is 16.2. The maximum absolute atomic E-state index is 12.4. The molecule has 1 rings (SSSR count). The van der Waals surface area contributed by atoms with Crippen LogP contribution in [0.1, 0.15) is 71.1 Å². The average Bonchev–Trinajstić information content (AvgIpc) is 2.91. The molecule has 0 bridgehead atoms. The molecule has 1 aliphatic rings. The van der Waals surface area contributed by atoms with Gasteiger partial charge in [0.15, 0.2) is 0 Å². The molecule has 1 amide bonds. The fourth-order valence-electron chi connectivity index (χ4n) is 3.27. The SMILES string of the molecule is CCCCCCCCCCCCNC(=O)[C@@]1(N=[N+]=[N-])O[C@H](CO)[C@@H](O)[C@@H]1O. The smallest absolute Gasteiger partial charge is 0.261 e. The number of carbonyl (C=O) groups excluding carboxylic acids is 1. The molecule has 4 N–H and O–H groups in total. The summed E-state index contributed by atoms with van der Waals surface area (Å²) in [5, 5.41) is 34.9. The first kappa shape index (κ1) is 23.7. The molecule has 27 heavy (non-hydrogen) atoms. The number of carbonyl (C=O) groups is 1. The second-order valence-electron chi connectivity index (χ2n) is 7.10. The number of azide groups is 1. The summed E-state index contributed by atoms with van der Waals surface area (Å²) in [4.78, 5) is 14.9. The third kappa shape index (κ3) is 6.93. The summed E-state index contributed by atoms with van der Waals surface area (Å²) in [5.41, 5.74) is 6.46. The fraction of sp³-hybridized carbons (Fsp3) is 0.944. The second kappa shape index (κ2) is 12.9. The van der Waals surface area contributed by atoms with Crippen LogP contribution < -0.4 is 5.32 Å². The van der Waals surface area contributed by atoms with Crippen LogP contribution in [0.2, 0.25) is 0 Å². The first-order valence-corrected chi connectivity index (χ1v) is 10.0. The average molecular weight is 386 g/mol. The summed E-state index contributed by atoms with van der Waals surface area (Å²) >= 11 is 0. The highest BCUT2D eigenvalue weighted by molar-refractivity contribution is 5.86. The van der Waals surface area contributed by atoms with E-state index in [2.05, 4.69) is 22.3 Å². The quantitative estimate of drug-likeness (QED) is 0.156. The van der Waals surface area contributed by atoms with E-state index in [1.54, 1.807) is 0 Å². The zero-order chi connectivity index (χ0) is 20.1. The summed E-state index contributed by atoms with van der Waals surface area (Å²) < 4.78 is 5.19. The number of ether oxygens (including phenoxy) is 1. The lowest BCUT2D eigenvalue weighted by Crippen LogP contribution is -2.53. The van der Waals surface area contributed by atoms with Gasteiger partial charge in [0.1, 0.15) is 18.3 Å².